The predicted octanol–water partition coefficient (Wildman–Crippen LogP) is 7.25. The van der Waals surface area contributed by atoms with E-state index in [2.05, 4.69) is 27.3 Å². The number of phenolic OH excluding ortho intramolecular Hbond substituents is 1. The number of methoxy groups -OCH3 is 2. The van der Waals surface area contributed by atoms with Crippen molar-refractivity contribution in [3.63, 3.8) is 0 Å². The molecule has 66 heavy (non-hydrogen) atoms. The second kappa shape index (κ2) is 16.5. The van der Waals surface area contributed by atoms with Crippen molar-refractivity contribution in [1.82, 2.24) is 15.1 Å². The van der Waals surface area contributed by atoms with Gasteiger partial charge in [-0.3, -0.25) is 15.1 Å². The second-order valence-electron chi connectivity index (χ2n) is 18.8. The molecule has 4 aromatic rings. The highest BCUT2D eigenvalue weighted by Crippen LogP contribution is 2.64. The molecule has 0 radical (unpaired) electrons. The summed E-state index contributed by atoms with van der Waals surface area (Å²) in [6, 6.07) is 15.6. The number of aryl methyl sites for hydroxylation is 1. The number of phenols is 1. The molecule has 7 aliphatic rings. The Balaban J connectivity index is 1.19. The number of nitrogens with zero attached hydrogens (tertiary/aromatic N) is 3. The van der Waals surface area contributed by atoms with Crippen LogP contribution in [0.3, 0.4) is 0 Å². The molecular formula is C50H54N4O11S. The molecule has 7 heterocycles. The molecule has 0 amide bonds. The van der Waals surface area contributed by atoms with Crippen LogP contribution in [0.25, 0.3) is 0 Å². The van der Waals surface area contributed by atoms with Gasteiger partial charge in [0.25, 0.3) is 0 Å². The third-order valence-electron chi connectivity index (χ3n) is 14.0. The predicted molar refractivity (Wildman–Crippen MR) is 243 cm³/mol. The molecule has 1 spiro atoms. The van der Waals surface area contributed by atoms with E-state index in [1.807, 2.05) is 51.2 Å². The summed E-state index contributed by atoms with van der Waals surface area (Å²) < 4.78 is 49.1. The summed E-state index contributed by atoms with van der Waals surface area (Å²) in [5.74, 6) is 2.26. The van der Waals surface area contributed by atoms with Crippen LogP contribution in [0.2, 0.25) is 0 Å². The third-order valence-corrected chi connectivity index (χ3v) is 15.5. The number of carbonyl (C=O) groups is 2. The van der Waals surface area contributed by atoms with Crippen molar-refractivity contribution in [2.75, 3.05) is 47.0 Å². The molecule has 16 heteroatoms. The standard InChI is InChI=1S/C50H54N4O11S/c1-25-16-29-17-31-32(20-51)54-33-22-61-47(56)50(30-19-34(58-7)35(18-28(30)14-15-52-50)64-48(57)65-49(3,4)5)23-66-46(40(54)39(53(31)6)36(29)41(55)42(25)59-8)38-37(33)45-44(62-24-63-45)26(2)43(38)60-21-27-12-10-9-11-13-27/h9-13,16,18-19,31-33,39-40,46,52,55H,14-15,17,21-24H2,1-8H3/t31-,32-,33-,39+,40?,46+,50+/m0/s1. The molecule has 7 aliphatic heterocycles. The molecule has 4 aromatic carbocycles. The van der Waals surface area contributed by atoms with Gasteiger partial charge in [-0.1, -0.05) is 36.4 Å². The number of carbonyl (C=O) groups excluding carboxylic acids is 2. The Bertz CT molecular complexity index is 2680. The van der Waals surface area contributed by atoms with Gasteiger partial charge < -0.3 is 43.0 Å². The molecule has 0 aliphatic carbocycles. The zero-order valence-electron chi connectivity index (χ0n) is 38.3. The molecule has 2 N–H and O–H groups in total. The normalized spacial score (nSPS) is 26.2. The highest BCUT2D eigenvalue weighted by molar-refractivity contribution is 7.99. The molecule has 346 valence electrons. The number of ether oxygens (including phenoxy) is 8. The van der Waals surface area contributed by atoms with Crippen molar-refractivity contribution >= 4 is 23.9 Å². The fourth-order valence-electron chi connectivity index (χ4n) is 11.3. The molecule has 1 unspecified atom stereocenters. The lowest BCUT2D eigenvalue weighted by atomic mass is 9.71. The average Bonchev–Trinajstić information content (AvgIpc) is 3.78. The minimum Gasteiger partial charge on any atom is -0.504 e. The number of thioether (sulfide) groups is 1. The zero-order chi connectivity index (χ0) is 46.4. The van der Waals surface area contributed by atoms with Gasteiger partial charge in [-0.25, -0.2) is 9.59 Å². The minimum absolute atomic E-state index is 0.0141. The first-order valence-corrected chi connectivity index (χ1v) is 23.3. The van der Waals surface area contributed by atoms with Crippen LogP contribution in [0.5, 0.6) is 40.2 Å². The van der Waals surface area contributed by atoms with E-state index in [0.29, 0.717) is 47.9 Å². The van der Waals surface area contributed by atoms with E-state index in [-0.39, 0.29) is 49.0 Å². The quantitative estimate of drug-likeness (QED) is 0.146. The number of nitriles is 1. The number of likely N-dealkylation sites (N-methyl/N-ethyl adjacent to an activating group) is 1. The first-order valence-electron chi connectivity index (χ1n) is 22.3. The second-order valence-corrected chi connectivity index (χ2v) is 19.9. The maximum Gasteiger partial charge on any atom is 0.514 e. The number of nitrogens with one attached hydrogen (secondary N) is 1. The Morgan fingerprint density at radius 3 is 2.50 bits per heavy atom. The van der Waals surface area contributed by atoms with Crippen LogP contribution in [0, 0.1) is 25.2 Å². The Kier molecular flexibility index (Phi) is 11.0. The van der Waals surface area contributed by atoms with E-state index in [0.717, 1.165) is 44.5 Å². The van der Waals surface area contributed by atoms with Crippen LogP contribution in [0.1, 0.15) is 88.2 Å². The van der Waals surface area contributed by atoms with Gasteiger partial charge in [0.05, 0.1) is 37.6 Å². The van der Waals surface area contributed by atoms with E-state index in [1.54, 1.807) is 51.8 Å². The van der Waals surface area contributed by atoms with E-state index >= 15 is 4.79 Å². The third kappa shape index (κ3) is 6.88. The lowest BCUT2D eigenvalue weighted by Crippen LogP contribution is -2.69. The number of esters is 1. The smallest absolute Gasteiger partial charge is 0.504 e. The van der Waals surface area contributed by atoms with E-state index in [9.17, 15) is 15.2 Å². The summed E-state index contributed by atoms with van der Waals surface area (Å²) in [6.07, 6.45) is 0.142. The first kappa shape index (κ1) is 44.0. The SMILES string of the molecule is COc1cc2c(cc1OC(=O)OC(C)(C)C)CCN[C@]21CS[C@@H]2c3c(OCc4ccccc4)c(C)c4c(c3[C@H](COC1=O)N1C2[C@H]2c3c(cc(C)c(OC)c3O)C[C@@H]([C@@H]1C#N)N2C)OCO4. The van der Waals surface area contributed by atoms with Gasteiger partial charge in [0.15, 0.2) is 40.0 Å². The maximum absolute atomic E-state index is 15.2. The highest BCUT2D eigenvalue weighted by atomic mass is 32.2. The first-order chi connectivity index (χ1) is 31.7. The van der Waals surface area contributed by atoms with Crippen molar-refractivity contribution in [3.8, 4) is 46.3 Å². The number of hydrogen-bond donors (Lipinski definition) is 2. The maximum atomic E-state index is 15.2. The van der Waals surface area contributed by atoms with Crippen LogP contribution in [0.15, 0.2) is 48.5 Å². The fraction of sp³-hybridized carbons (Fsp3) is 0.460. The summed E-state index contributed by atoms with van der Waals surface area (Å²) in [5.41, 5.74) is 5.09. The van der Waals surface area contributed by atoms with Gasteiger partial charge >= 0.3 is 12.1 Å². The van der Waals surface area contributed by atoms with Gasteiger partial charge in [0, 0.05) is 46.6 Å². The lowest BCUT2D eigenvalue weighted by molar-refractivity contribution is -0.157. The molecule has 0 saturated carbocycles. The molecule has 4 bridgehead atoms. The average molecular weight is 919 g/mol. The monoisotopic (exact) mass is 918 g/mol. The van der Waals surface area contributed by atoms with Crippen LogP contribution < -0.4 is 33.7 Å². The Labute approximate surface area is 388 Å². The van der Waals surface area contributed by atoms with Gasteiger partial charge in [-0.2, -0.15) is 5.26 Å². The molecule has 0 aromatic heterocycles. The zero-order valence-corrected chi connectivity index (χ0v) is 39.1. The summed E-state index contributed by atoms with van der Waals surface area (Å²) in [4.78, 5) is 32.6. The Morgan fingerprint density at radius 1 is 1.00 bits per heavy atom. The highest BCUT2D eigenvalue weighted by Gasteiger charge is 2.62. The number of fused-ring (bicyclic) bond motifs is 9. The van der Waals surface area contributed by atoms with Crippen molar-refractivity contribution in [3.05, 3.63) is 98.6 Å². The van der Waals surface area contributed by atoms with E-state index in [1.165, 1.54) is 7.11 Å². The number of benzene rings is 4. The van der Waals surface area contributed by atoms with Crippen LogP contribution in [-0.2, 0) is 39.3 Å². The Hall–Kier alpha value is -5.86. The number of piperazine rings is 1. The fourth-order valence-corrected chi connectivity index (χ4v) is 12.9. The van der Waals surface area contributed by atoms with Crippen LogP contribution in [-0.4, -0.2) is 97.7 Å². The van der Waals surface area contributed by atoms with Crippen molar-refractivity contribution in [1.29, 1.82) is 5.26 Å². The van der Waals surface area contributed by atoms with Crippen molar-refractivity contribution < 1.29 is 52.6 Å². The largest absolute Gasteiger partial charge is 0.514 e. The van der Waals surface area contributed by atoms with Crippen LogP contribution >= 0.6 is 11.8 Å². The van der Waals surface area contributed by atoms with Crippen LogP contribution in [0.4, 0.5) is 4.79 Å². The molecular weight excluding hydrogens is 865 g/mol. The number of aromatic hydroxyl groups is 1. The van der Waals surface area contributed by atoms with E-state index < -0.39 is 52.7 Å². The van der Waals surface area contributed by atoms with E-state index in [4.69, 9.17) is 37.9 Å². The summed E-state index contributed by atoms with van der Waals surface area (Å²) in [5, 5.41) is 26.7. The number of rotatable bonds is 6. The molecule has 2 saturated heterocycles. The molecule has 15 nitrogen and oxygen atoms in total. The topological polar surface area (TPSA) is 171 Å². The van der Waals surface area contributed by atoms with Crippen molar-refractivity contribution in [2.45, 2.75) is 101 Å². The number of hydrogen-bond acceptors (Lipinski definition) is 16. The summed E-state index contributed by atoms with van der Waals surface area (Å²) in [7, 11) is 5.07. The minimum atomic E-state index is -1.40. The van der Waals surface area contributed by atoms with Gasteiger partial charge in [-0.05, 0) is 94.5 Å². The van der Waals surface area contributed by atoms with Gasteiger partial charge in [-0.15, -0.1) is 11.8 Å². The Morgan fingerprint density at radius 2 is 1.77 bits per heavy atom. The summed E-state index contributed by atoms with van der Waals surface area (Å²) >= 11 is 1.56. The lowest BCUT2D eigenvalue weighted by Gasteiger charge is -2.62. The van der Waals surface area contributed by atoms with Crippen molar-refractivity contribution in [2.24, 2.45) is 0 Å². The van der Waals surface area contributed by atoms with Gasteiger partial charge in [0.1, 0.15) is 30.6 Å². The summed E-state index contributed by atoms with van der Waals surface area (Å²) in [6.45, 7) is 9.68. The van der Waals surface area contributed by atoms with Gasteiger partial charge in [0.2, 0.25) is 6.79 Å². The molecule has 2 fully saturated rings. The molecule has 11 rings (SSSR count). The molecule has 7 atom stereocenters.